The van der Waals surface area contributed by atoms with Gasteiger partial charge in [0, 0.05) is 26.2 Å². The quantitative estimate of drug-likeness (QED) is 0.792. The Balaban J connectivity index is 1.76. The van der Waals surface area contributed by atoms with E-state index in [0.29, 0.717) is 13.1 Å². The Morgan fingerprint density at radius 1 is 1.08 bits per heavy atom. The number of rotatable bonds is 3. The standard InChI is InChI=1S/C17H31N3O4/c1-17(2,3)23-16(22)20-9-5-6-13(12-20)15(21)18-24-14-7-10-19(4)11-8-14/h13-14H,5-12H2,1-4H3,(H,18,21). The van der Waals surface area contributed by atoms with Gasteiger partial charge in [0.15, 0.2) is 0 Å². The molecule has 7 nitrogen and oxygen atoms in total. The fourth-order valence-corrected chi connectivity index (χ4v) is 3.01. The number of hydrogen-bond acceptors (Lipinski definition) is 5. The van der Waals surface area contributed by atoms with Crippen LogP contribution >= 0.6 is 0 Å². The largest absolute Gasteiger partial charge is 0.444 e. The van der Waals surface area contributed by atoms with Crippen molar-refractivity contribution in [3.05, 3.63) is 0 Å². The van der Waals surface area contributed by atoms with Gasteiger partial charge < -0.3 is 14.5 Å². The molecule has 2 aliphatic heterocycles. The molecule has 24 heavy (non-hydrogen) atoms. The molecule has 1 N–H and O–H groups in total. The summed E-state index contributed by atoms with van der Waals surface area (Å²) in [5.74, 6) is -0.375. The minimum atomic E-state index is -0.524. The Hall–Kier alpha value is -1.34. The van der Waals surface area contributed by atoms with Crippen molar-refractivity contribution in [2.75, 3.05) is 33.2 Å². The van der Waals surface area contributed by atoms with E-state index in [-0.39, 0.29) is 24.0 Å². The van der Waals surface area contributed by atoms with Crippen molar-refractivity contribution < 1.29 is 19.2 Å². The van der Waals surface area contributed by atoms with Crippen molar-refractivity contribution in [1.29, 1.82) is 0 Å². The Morgan fingerprint density at radius 2 is 1.75 bits per heavy atom. The molecule has 2 fully saturated rings. The van der Waals surface area contributed by atoms with Crippen molar-refractivity contribution in [3.63, 3.8) is 0 Å². The SMILES string of the molecule is CN1CCC(ONC(=O)C2CCCN(C(=O)OC(C)(C)C)C2)CC1. The number of nitrogens with zero attached hydrogens (tertiary/aromatic N) is 2. The summed E-state index contributed by atoms with van der Waals surface area (Å²) < 4.78 is 5.39. The van der Waals surface area contributed by atoms with Crippen molar-refractivity contribution in [3.8, 4) is 0 Å². The van der Waals surface area contributed by atoms with Crippen molar-refractivity contribution >= 4 is 12.0 Å². The molecule has 2 amide bonds. The van der Waals surface area contributed by atoms with E-state index in [1.165, 1.54) is 0 Å². The Kier molecular flexibility index (Phi) is 6.46. The molecule has 2 aliphatic rings. The summed E-state index contributed by atoms with van der Waals surface area (Å²) in [5.41, 5.74) is 2.08. The molecule has 2 rings (SSSR count). The number of carbonyl (C=O) groups is 2. The zero-order chi connectivity index (χ0) is 17.7. The number of nitrogens with one attached hydrogen (secondary N) is 1. The molecule has 0 aromatic rings. The lowest BCUT2D eigenvalue weighted by Gasteiger charge is -2.34. The van der Waals surface area contributed by atoms with Crippen LogP contribution in [0.3, 0.4) is 0 Å². The highest BCUT2D eigenvalue weighted by atomic mass is 16.7. The number of amides is 2. The van der Waals surface area contributed by atoms with Crippen molar-refractivity contribution in [2.45, 2.75) is 58.2 Å². The van der Waals surface area contributed by atoms with Crippen molar-refractivity contribution in [1.82, 2.24) is 15.3 Å². The first kappa shape index (κ1) is 19.0. The number of hydroxylamine groups is 1. The molecule has 0 aliphatic carbocycles. The smallest absolute Gasteiger partial charge is 0.410 e. The number of carbonyl (C=O) groups excluding carboxylic acids is 2. The Bertz CT molecular complexity index is 442. The first-order chi connectivity index (χ1) is 11.2. The van der Waals surface area contributed by atoms with Gasteiger partial charge in [-0.25, -0.2) is 10.3 Å². The highest BCUT2D eigenvalue weighted by molar-refractivity contribution is 5.79. The van der Waals surface area contributed by atoms with Gasteiger partial charge in [0.05, 0.1) is 12.0 Å². The van der Waals surface area contributed by atoms with Crippen LogP contribution in [0, 0.1) is 5.92 Å². The summed E-state index contributed by atoms with van der Waals surface area (Å²) >= 11 is 0. The molecule has 0 bridgehead atoms. The first-order valence-electron chi connectivity index (χ1n) is 8.86. The summed E-state index contributed by atoms with van der Waals surface area (Å²) in [6, 6.07) is 0. The third-order valence-corrected chi connectivity index (χ3v) is 4.44. The second kappa shape index (κ2) is 8.16. The molecule has 0 aromatic carbocycles. The lowest BCUT2D eigenvalue weighted by atomic mass is 9.98. The fraction of sp³-hybridized carbons (Fsp3) is 0.882. The summed E-state index contributed by atoms with van der Waals surface area (Å²) in [5, 5.41) is 0. The Labute approximate surface area is 144 Å². The molecule has 1 unspecified atom stereocenters. The molecule has 2 heterocycles. The van der Waals surface area contributed by atoms with Crippen LogP contribution in [0.15, 0.2) is 0 Å². The van der Waals surface area contributed by atoms with E-state index < -0.39 is 5.60 Å². The van der Waals surface area contributed by atoms with Gasteiger partial charge in [-0.15, -0.1) is 0 Å². The van der Waals surface area contributed by atoms with Crippen LogP contribution in [0.5, 0.6) is 0 Å². The van der Waals surface area contributed by atoms with Crippen LogP contribution in [0.2, 0.25) is 0 Å². The van der Waals surface area contributed by atoms with Crippen LogP contribution in [-0.4, -0.2) is 66.7 Å². The van der Waals surface area contributed by atoms with E-state index >= 15 is 0 Å². The lowest BCUT2D eigenvalue weighted by molar-refractivity contribution is -0.146. The van der Waals surface area contributed by atoms with E-state index in [1.54, 1.807) is 4.90 Å². The minimum absolute atomic E-state index is 0.0794. The van der Waals surface area contributed by atoms with E-state index in [2.05, 4.69) is 17.4 Å². The molecule has 0 saturated carbocycles. The van der Waals surface area contributed by atoms with E-state index in [1.807, 2.05) is 20.8 Å². The molecule has 0 spiro atoms. The van der Waals surface area contributed by atoms with Gasteiger partial charge in [-0.05, 0) is 53.5 Å². The number of likely N-dealkylation sites (tertiary alicyclic amines) is 2. The second-order valence-corrected chi connectivity index (χ2v) is 7.85. The number of ether oxygens (including phenoxy) is 1. The molecular formula is C17H31N3O4. The summed E-state index contributed by atoms with van der Waals surface area (Å²) in [6.07, 6.45) is 3.14. The predicted octanol–water partition coefficient (Wildman–Crippen LogP) is 1.78. The van der Waals surface area contributed by atoms with Crippen LogP contribution in [-0.2, 0) is 14.4 Å². The van der Waals surface area contributed by atoms with Gasteiger partial charge in [0.2, 0.25) is 5.91 Å². The minimum Gasteiger partial charge on any atom is -0.444 e. The van der Waals surface area contributed by atoms with Crippen LogP contribution in [0.1, 0.15) is 46.5 Å². The maximum absolute atomic E-state index is 12.3. The average Bonchev–Trinajstić information content (AvgIpc) is 2.52. The topological polar surface area (TPSA) is 71.1 Å². The zero-order valence-electron chi connectivity index (χ0n) is 15.3. The van der Waals surface area contributed by atoms with Gasteiger partial charge in [-0.3, -0.25) is 9.63 Å². The van der Waals surface area contributed by atoms with Gasteiger partial charge in [-0.1, -0.05) is 0 Å². The fourth-order valence-electron chi connectivity index (χ4n) is 3.01. The van der Waals surface area contributed by atoms with Crippen LogP contribution < -0.4 is 5.48 Å². The monoisotopic (exact) mass is 341 g/mol. The molecule has 0 aromatic heterocycles. The number of hydrogen-bond donors (Lipinski definition) is 1. The molecule has 0 radical (unpaired) electrons. The van der Waals surface area contributed by atoms with Gasteiger partial charge in [0.1, 0.15) is 5.60 Å². The lowest BCUT2D eigenvalue weighted by Crippen LogP contribution is -2.48. The summed E-state index contributed by atoms with van der Waals surface area (Å²) in [7, 11) is 2.09. The zero-order valence-corrected chi connectivity index (χ0v) is 15.3. The normalized spacial score (nSPS) is 23.8. The second-order valence-electron chi connectivity index (χ2n) is 7.85. The maximum atomic E-state index is 12.3. The van der Waals surface area contributed by atoms with Crippen molar-refractivity contribution in [2.24, 2.45) is 5.92 Å². The van der Waals surface area contributed by atoms with Gasteiger partial charge in [-0.2, -0.15) is 0 Å². The average molecular weight is 341 g/mol. The van der Waals surface area contributed by atoms with Gasteiger partial charge >= 0.3 is 6.09 Å². The molecule has 138 valence electrons. The number of piperidine rings is 2. The van der Waals surface area contributed by atoms with Crippen LogP contribution in [0.4, 0.5) is 4.79 Å². The molecule has 2 saturated heterocycles. The highest BCUT2D eigenvalue weighted by Crippen LogP contribution is 2.20. The maximum Gasteiger partial charge on any atom is 0.410 e. The third-order valence-electron chi connectivity index (χ3n) is 4.44. The Morgan fingerprint density at radius 3 is 2.38 bits per heavy atom. The summed E-state index contributed by atoms with van der Waals surface area (Å²) in [6.45, 7) is 8.51. The third kappa shape index (κ3) is 5.94. The van der Waals surface area contributed by atoms with E-state index in [9.17, 15) is 9.59 Å². The molecular weight excluding hydrogens is 310 g/mol. The molecule has 1 atom stereocenters. The van der Waals surface area contributed by atoms with E-state index in [4.69, 9.17) is 9.57 Å². The first-order valence-corrected chi connectivity index (χ1v) is 8.86. The van der Waals surface area contributed by atoms with Gasteiger partial charge in [0.25, 0.3) is 0 Å². The highest BCUT2D eigenvalue weighted by Gasteiger charge is 2.31. The van der Waals surface area contributed by atoms with Crippen LogP contribution in [0.25, 0.3) is 0 Å². The summed E-state index contributed by atoms with van der Waals surface area (Å²) in [4.78, 5) is 33.9. The molecule has 7 heteroatoms. The van der Waals surface area contributed by atoms with E-state index in [0.717, 1.165) is 38.8 Å². The predicted molar refractivity (Wildman–Crippen MR) is 90.3 cm³/mol.